The molecule has 0 saturated heterocycles. The zero-order chi connectivity index (χ0) is 15.2. The van der Waals surface area contributed by atoms with Crippen LogP contribution < -0.4 is 5.32 Å². The minimum atomic E-state index is -0.460. The molecule has 2 N–H and O–H groups in total. The van der Waals surface area contributed by atoms with Crippen LogP contribution in [0.1, 0.15) is 6.92 Å². The second-order valence-corrected chi connectivity index (χ2v) is 5.34. The number of imidazole rings is 1. The Bertz CT molecular complexity index is 661. The Kier molecular flexibility index (Phi) is 5.40. The van der Waals surface area contributed by atoms with E-state index in [-0.39, 0.29) is 24.8 Å². The summed E-state index contributed by atoms with van der Waals surface area (Å²) in [5.41, 5.74) is 1.24. The first kappa shape index (κ1) is 15.6. The molecule has 0 aromatic carbocycles. The third kappa shape index (κ3) is 4.61. The zero-order valence-electron chi connectivity index (χ0n) is 11.2. The highest BCUT2D eigenvalue weighted by molar-refractivity contribution is 7.99. The van der Waals surface area contributed by atoms with Crippen LogP contribution in [0.15, 0.2) is 17.4 Å². The van der Waals surface area contributed by atoms with E-state index in [4.69, 9.17) is 16.3 Å². The number of carbonyl (C=O) groups is 2. The average molecular weight is 329 g/mol. The van der Waals surface area contributed by atoms with Crippen LogP contribution in [0.25, 0.3) is 11.2 Å². The molecule has 21 heavy (non-hydrogen) atoms. The predicted octanol–water partition coefficient (Wildman–Crippen LogP) is 1.38. The summed E-state index contributed by atoms with van der Waals surface area (Å²) in [6.07, 6.45) is 1.51. The van der Waals surface area contributed by atoms with Gasteiger partial charge in [-0.15, -0.1) is 0 Å². The van der Waals surface area contributed by atoms with Crippen molar-refractivity contribution in [2.75, 3.05) is 18.9 Å². The normalized spacial score (nSPS) is 10.6. The summed E-state index contributed by atoms with van der Waals surface area (Å²) in [4.78, 5) is 34.0. The summed E-state index contributed by atoms with van der Waals surface area (Å²) in [6.45, 7) is 1.86. The molecule has 112 valence electrons. The van der Waals surface area contributed by atoms with Crippen molar-refractivity contribution in [1.82, 2.24) is 20.3 Å². The van der Waals surface area contributed by atoms with Crippen LogP contribution in [-0.2, 0) is 14.3 Å². The summed E-state index contributed by atoms with van der Waals surface area (Å²) in [5, 5.41) is 3.54. The molecule has 0 radical (unpaired) electrons. The number of esters is 1. The van der Waals surface area contributed by atoms with E-state index in [1.165, 1.54) is 18.0 Å². The third-order valence-electron chi connectivity index (χ3n) is 2.36. The Morgan fingerprint density at radius 2 is 2.33 bits per heavy atom. The number of ether oxygens (including phenoxy) is 1. The molecular weight excluding hydrogens is 316 g/mol. The van der Waals surface area contributed by atoms with Gasteiger partial charge in [-0.2, -0.15) is 0 Å². The van der Waals surface area contributed by atoms with E-state index in [0.29, 0.717) is 21.3 Å². The van der Waals surface area contributed by atoms with Crippen LogP contribution >= 0.6 is 23.4 Å². The van der Waals surface area contributed by atoms with Crippen molar-refractivity contribution in [2.24, 2.45) is 0 Å². The van der Waals surface area contributed by atoms with Crippen molar-refractivity contribution in [1.29, 1.82) is 0 Å². The molecule has 7 nitrogen and oxygen atoms in total. The number of aromatic nitrogens is 3. The van der Waals surface area contributed by atoms with Gasteiger partial charge in [0.2, 0.25) is 5.91 Å². The number of H-pyrrole nitrogens is 1. The van der Waals surface area contributed by atoms with Crippen molar-refractivity contribution in [3.05, 3.63) is 17.3 Å². The Morgan fingerprint density at radius 3 is 3.10 bits per heavy atom. The maximum atomic E-state index is 11.6. The first-order valence-electron chi connectivity index (χ1n) is 6.15. The minimum Gasteiger partial charge on any atom is -0.465 e. The predicted molar refractivity (Wildman–Crippen MR) is 79.3 cm³/mol. The molecule has 2 aromatic rings. The minimum absolute atomic E-state index is 0.132. The lowest BCUT2D eigenvalue weighted by Crippen LogP contribution is -2.31. The Labute approximate surface area is 129 Å². The number of nitrogens with zero attached hydrogens (tertiary/aromatic N) is 2. The molecule has 9 heteroatoms. The number of pyridine rings is 1. The lowest BCUT2D eigenvalue weighted by atomic mass is 10.4. The summed E-state index contributed by atoms with van der Waals surface area (Å²) in [5.74, 6) is -0.606. The number of thioether (sulfide) groups is 1. The van der Waals surface area contributed by atoms with E-state index in [9.17, 15) is 9.59 Å². The lowest BCUT2D eigenvalue weighted by molar-refractivity contribution is -0.143. The first-order chi connectivity index (χ1) is 10.1. The van der Waals surface area contributed by atoms with Crippen LogP contribution in [-0.4, -0.2) is 45.7 Å². The number of halogens is 1. The van der Waals surface area contributed by atoms with Gasteiger partial charge in [0.05, 0.1) is 22.9 Å². The second-order valence-electron chi connectivity index (χ2n) is 3.94. The molecule has 0 fully saturated rings. The molecule has 2 aromatic heterocycles. The molecule has 0 atom stereocenters. The van der Waals surface area contributed by atoms with Gasteiger partial charge in [0.1, 0.15) is 6.54 Å². The highest BCUT2D eigenvalue weighted by atomic mass is 35.5. The molecule has 2 heterocycles. The molecule has 0 aliphatic rings. The summed E-state index contributed by atoms with van der Waals surface area (Å²) < 4.78 is 4.71. The van der Waals surface area contributed by atoms with Crippen molar-refractivity contribution in [3.8, 4) is 0 Å². The standard InChI is InChI=1S/C12H13ClN4O3S/c1-2-20-10(19)5-14-9(18)6-21-12-16-8-3-7(13)4-15-11(8)17-12/h3-4H,2,5-6H2,1H3,(H,14,18)(H,15,16,17). The maximum Gasteiger partial charge on any atom is 0.325 e. The van der Waals surface area contributed by atoms with E-state index in [2.05, 4.69) is 20.3 Å². The highest BCUT2D eigenvalue weighted by Crippen LogP contribution is 2.20. The average Bonchev–Trinajstić information content (AvgIpc) is 2.85. The second kappa shape index (κ2) is 7.28. The number of hydrogen-bond acceptors (Lipinski definition) is 6. The molecule has 2 rings (SSSR count). The number of fused-ring (bicyclic) bond motifs is 1. The molecular formula is C12H13ClN4O3S. The molecule has 1 amide bonds. The fourth-order valence-corrected chi connectivity index (χ4v) is 2.35. The number of amides is 1. The first-order valence-corrected chi connectivity index (χ1v) is 7.51. The summed E-state index contributed by atoms with van der Waals surface area (Å²) >= 11 is 7.04. The van der Waals surface area contributed by atoms with Crippen molar-refractivity contribution < 1.29 is 14.3 Å². The van der Waals surface area contributed by atoms with Crippen LogP contribution in [0.3, 0.4) is 0 Å². The van der Waals surface area contributed by atoms with Crippen molar-refractivity contribution >= 4 is 46.4 Å². The Morgan fingerprint density at radius 1 is 1.52 bits per heavy atom. The number of rotatable bonds is 6. The SMILES string of the molecule is CCOC(=O)CNC(=O)CSc1nc2ncc(Cl)cc2[nH]1. The topological polar surface area (TPSA) is 97.0 Å². The molecule has 0 bridgehead atoms. The summed E-state index contributed by atoms with van der Waals surface area (Å²) in [6, 6.07) is 1.71. The largest absolute Gasteiger partial charge is 0.465 e. The summed E-state index contributed by atoms with van der Waals surface area (Å²) in [7, 11) is 0. The third-order valence-corrected chi connectivity index (χ3v) is 3.44. The Hall–Kier alpha value is -1.80. The maximum absolute atomic E-state index is 11.6. The van der Waals surface area contributed by atoms with E-state index in [1.807, 2.05) is 0 Å². The number of hydrogen-bond donors (Lipinski definition) is 2. The van der Waals surface area contributed by atoms with E-state index >= 15 is 0 Å². The van der Waals surface area contributed by atoms with Gasteiger partial charge in [-0.05, 0) is 13.0 Å². The zero-order valence-corrected chi connectivity index (χ0v) is 12.8. The molecule has 0 spiro atoms. The van der Waals surface area contributed by atoms with Gasteiger partial charge in [-0.1, -0.05) is 23.4 Å². The quantitative estimate of drug-likeness (QED) is 0.614. The number of nitrogens with one attached hydrogen (secondary N) is 2. The van der Waals surface area contributed by atoms with Crippen LogP contribution in [0.2, 0.25) is 5.02 Å². The van der Waals surface area contributed by atoms with E-state index in [0.717, 1.165) is 0 Å². The van der Waals surface area contributed by atoms with Crippen molar-refractivity contribution in [3.63, 3.8) is 0 Å². The molecule has 0 unspecified atom stereocenters. The Balaban J connectivity index is 1.84. The van der Waals surface area contributed by atoms with Gasteiger partial charge in [0, 0.05) is 6.20 Å². The van der Waals surface area contributed by atoms with Gasteiger partial charge < -0.3 is 15.0 Å². The van der Waals surface area contributed by atoms with Crippen LogP contribution in [0.5, 0.6) is 0 Å². The van der Waals surface area contributed by atoms with Gasteiger partial charge in [-0.25, -0.2) is 9.97 Å². The van der Waals surface area contributed by atoms with Gasteiger partial charge in [0.15, 0.2) is 10.8 Å². The monoisotopic (exact) mass is 328 g/mol. The number of aromatic amines is 1. The van der Waals surface area contributed by atoms with Gasteiger partial charge in [0.25, 0.3) is 0 Å². The van der Waals surface area contributed by atoms with E-state index < -0.39 is 5.97 Å². The van der Waals surface area contributed by atoms with Crippen LogP contribution in [0, 0.1) is 0 Å². The van der Waals surface area contributed by atoms with Crippen LogP contribution in [0.4, 0.5) is 0 Å². The van der Waals surface area contributed by atoms with E-state index in [1.54, 1.807) is 13.0 Å². The van der Waals surface area contributed by atoms with Gasteiger partial charge in [-0.3, -0.25) is 9.59 Å². The van der Waals surface area contributed by atoms with Crippen molar-refractivity contribution in [2.45, 2.75) is 12.1 Å². The fraction of sp³-hybridized carbons (Fsp3) is 0.333. The molecule has 0 aliphatic carbocycles. The van der Waals surface area contributed by atoms with Gasteiger partial charge >= 0.3 is 5.97 Å². The highest BCUT2D eigenvalue weighted by Gasteiger charge is 2.09. The smallest absolute Gasteiger partial charge is 0.325 e. The molecule has 0 saturated carbocycles. The molecule has 0 aliphatic heterocycles. The lowest BCUT2D eigenvalue weighted by Gasteiger charge is -2.03. The number of carbonyl (C=O) groups excluding carboxylic acids is 2. The fourth-order valence-electron chi connectivity index (χ4n) is 1.49.